The number of benzene rings is 1. The Bertz CT molecular complexity index is 1340. The van der Waals surface area contributed by atoms with Gasteiger partial charge in [-0.3, -0.25) is 10.6 Å². The molecule has 2 aliphatic heterocycles. The third-order valence-corrected chi connectivity index (χ3v) is 5.26. The fraction of sp³-hybridized carbons (Fsp3) is 0.167. The minimum Gasteiger partial charge on any atom is -0.396 e. The molecule has 3 heterocycles. The summed E-state index contributed by atoms with van der Waals surface area (Å²) in [5, 5.41) is 29.1. The number of fused-ring (bicyclic) bond motifs is 1. The molecular formula is C24H22N6O2. The molecule has 1 aromatic heterocycles. The van der Waals surface area contributed by atoms with Crippen molar-refractivity contribution in [2.45, 2.75) is 19.9 Å². The van der Waals surface area contributed by atoms with E-state index >= 15 is 0 Å². The van der Waals surface area contributed by atoms with E-state index in [0.29, 0.717) is 35.3 Å². The first-order valence-corrected chi connectivity index (χ1v) is 10.1. The first-order chi connectivity index (χ1) is 15.5. The Hall–Kier alpha value is -4.06. The Morgan fingerprint density at radius 1 is 1.19 bits per heavy atom. The van der Waals surface area contributed by atoms with Crippen LogP contribution in [0.25, 0.3) is 22.0 Å². The second kappa shape index (κ2) is 8.98. The fourth-order valence-electron chi connectivity index (χ4n) is 3.70. The van der Waals surface area contributed by atoms with Crippen LogP contribution in [0.1, 0.15) is 17.5 Å². The third kappa shape index (κ3) is 3.95. The molecule has 8 heteroatoms. The average molecular weight is 426 g/mol. The first kappa shape index (κ1) is 21.2. The highest BCUT2D eigenvalue weighted by atomic mass is 16.5. The van der Waals surface area contributed by atoms with Gasteiger partial charge in [0.2, 0.25) is 0 Å². The van der Waals surface area contributed by atoms with Crippen molar-refractivity contribution in [2.75, 3.05) is 6.61 Å². The summed E-state index contributed by atoms with van der Waals surface area (Å²) in [4.78, 5) is 12.3. The average Bonchev–Trinajstić information content (AvgIpc) is 3.11. The number of allylic oxidation sites excluding steroid dienone is 4. The van der Waals surface area contributed by atoms with Crippen molar-refractivity contribution in [2.24, 2.45) is 9.98 Å². The number of nitrogens with zero attached hydrogens (tertiary/aromatic N) is 5. The zero-order valence-electron chi connectivity index (χ0n) is 17.5. The molecule has 2 aliphatic rings. The van der Waals surface area contributed by atoms with E-state index in [0.717, 1.165) is 27.1 Å². The minimum absolute atomic E-state index is 0.00632. The minimum atomic E-state index is 0.00632. The molecule has 0 fully saturated rings. The molecule has 0 unspecified atom stereocenters. The molecule has 0 spiro atoms. The number of aryl methyl sites for hydroxylation is 1. The molecular weight excluding hydrogens is 404 g/mol. The molecule has 0 radical (unpaired) electrons. The van der Waals surface area contributed by atoms with Crippen molar-refractivity contribution in [3.8, 4) is 11.1 Å². The van der Waals surface area contributed by atoms with E-state index in [1.807, 2.05) is 35.8 Å². The third-order valence-electron chi connectivity index (χ3n) is 5.26. The summed E-state index contributed by atoms with van der Waals surface area (Å²) in [6, 6.07) is 7.97. The summed E-state index contributed by atoms with van der Waals surface area (Å²) >= 11 is 0. The normalized spacial score (nSPS) is 15.1. The lowest BCUT2D eigenvalue weighted by molar-refractivity contribution is 0.0105. The van der Waals surface area contributed by atoms with Gasteiger partial charge in [-0.25, -0.2) is 19.9 Å². The van der Waals surface area contributed by atoms with Crippen molar-refractivity contribution in [3.63, 3.8) is 0 Å². The Morgan fingerprint density at radius 2 is 1.91 bits per heavy atom. The molecule has 2 aromatic rings. The molecule has 0 saturated carbocycles. The Kier molecular flexibility index (Phi) is 5.94. The van der Waals surface area contributed by atoms with Crippen molar-refractivity contribution in [3.05, 3.63) is 93.5 Å². The number of amidine groups is 1. The second-order valence-electron chi connectivity index (χ2n) is 7.38. The van der Waals surface area contributed by atoms with Gasteiger partial charge in [0.15, 0.2) is 11.5 Å². The van der Waals surface area contributed by atoms with Crippen molar-refractivity contribution >= 4 is 18.3 Å². The first-order valence-electron chi connectivity index (χ1n) is 10.1. The largest absolute Gasteiger partial charge is 0.396 e. The summed E-state index contributed by atoms with van der Waals surface area (Å²) in [5.74, 6) is 0.105. The lowest BCUT2D eigenvalue weighted by Gasteiger charge is -2.11. The summed E-state index contributed by atoms with van der Waals surface area (Å²) in [7, 11) is 0. The number of aliphatic hydroxyl groups is 1. The molecule has 4 rings (SSSR count). The summed E-state index contributed by atoms with van der Waals surface area (Å²) < 4.78 is 1.93. The highest BCUT2D eigenvalue weighted by molar-refractivity contribution is 6.07. The van der Waals surface area contributed by atoms with Crippen LogP contribution in [0.3, 0.4) is 0 Å². The van der Waals surface area contributed by atoms with Crippen LogP contribution < -0.4 is 10.8 Å². The molecule has 3 N–H and O–H groups in total. The van der Waals surface area contributed by atoms with E-state index < -0.39 is 0 Å². The van der Waals surface area contributed by atoms with E-state index in [2.05, 4.69) is 14.8 Å². The summed E-state index contributed by atoms with van der Waals surface area (Å²) in [6.45, 7) is 10.2. The van der Waals surface area contributed by atoms with Crippen LogP contribution in [-0.2, 0) is 6.54 Å². The molecule has 0 aliphatic carbocycles. The lowest BCUT2D eigenvalue weighted by atomic mass is 10.0. The molecule has 1 aromatic carbocycles. The number of hydroxylamine groups is 2. The van der Waals surface area contributed by atoms with Gasteiger partial charge in [-0.05, 0) is 42.7 Å². The van der Waals surface area contributed by atoms with E-state index in [-0.39, 0.29) is 12.4 Å². The zero-order valence-corrected chi connectivity index (χ0v) is 17.5. The Labute approximate surface area is 185 Å². The number of hydrogen-bond acceptors (Lipinski definition) is 5. The maximum Gasteiger partial charge on any atom is 0.196 e. The number of aliphatic hydroxyl groups excluding tert-OH is 1. The van der Waals surface area contributed by atoms with Crippen LogP contribution in [0.15, 0.2) is 70.1 Å². The van der Waals surface area contributed by atoms with Gasteiger partial charge in [-0.15, -0.1) is 0 Å². The van der Waals surface area contributed by atoms with E-state index in [9.17, 15) is 10.3 Å². The topological polar surface area (TPSA) is 102 Å². The number of hydrogen-bond donors (Lipinski definition) is 3. The zero-order chi connectivity index (χ0) is 22.7. The van der Waals surface area contributed by atoms with Crippen LogP contribution in [0.5, 0.6) is 0 Å². The maximum absolute atomic E-state index is 9.54. The van der Waals surface area contributed by atoms with E-state index in [4.69, 9.17) is 12.0 Å². The molecule has 32 heavy (non-hydrogen) atoms. The predicted octanol–water partition coefficient (Wildman–Crippen LogP) is 2.52. The molecule has 160 valence electrons. The standard InChI is InChI=1S/C24H22N6O2/c1-16-4-6-18(7-5-16)21-20(14-19(26-2)17-8-11-29(32)12-9-17)30(10-3-13-31)24-22(21)23(25)27-15-28-24/h4-9,11-12,14-15,25,31-32H,3,10,13H2,1H3/b20-14-,25-23?. The van der Waals surface area contributed by atoms with Gasteiger partial charge in [0.05, 0.1) is 12.1 Å². The van der Waals surface area contributed by atoms with Crippen LogP contribution in [0.4, 0.5) is 0 Å². The maximum atomic E-state index is 9.54. The van der Waals surface area contributed by atoms with Gasteiger partial charge in [0, 0.05) is 36.5 Å². The molecule has 0 atom stereocenters. The van der Waals surface area contributed by atoms with Gasteiger partial charge in [-0.2, -0.15) is 0 Å². The lowest BCUT2D eigenvalue weighted by Crippen LogP contribution is -2.30. The van der Waals surface area contributed by atoms with Gasteiger partial charge < -0.3 is 9.67 Å². The second-order valence-corrected chi connectivity index (χ2v) is 7.38. The van der Waals surface area contributed by atoms with Crippen molar-refractivity contribution in [1.29, 1.82) is 5.41 Å². The number of nitrogens with one attached hydrogen (secondary N) is 1. The molecule has 0 bridgehead atoms. The summed E-state index contributed by atoms with van der Waals surface area (Å²) in [5.41, 5.74) is 5.00. The van der Waals surface area contributed by atoms with Crippen LogP contribution in [-0.4, -0.2) is 38.7 Å². The molecule has 0 amide bonds. The quantitative estimate of drug-likeness (QED) is 0.641. The predicted molar refractivity (Wildman–Crippen MR) is 122 cm³/mol. The Balaban J connectivity index is 2.08. The molecule has 0 saturated heterocycles. The summed E-state index contributed by atoms with van der Waals surface area (Å²) in [6.07, 6.45) is 9.88. The highest BCUT2D eigenvalue weighted by Crippen LogP contribution is 2.23. The van der Waals surface area contributed by atoms with Gasteiger partial charge >= 0.3 is 0 Å². The van der Waals surface area contributed by atoms with Crippen LogP contribution in [0.2, 0.25) is 0 Å². The van der Waals surface area contributed by atoms with Gasteiger partial charge in [-0.1, -0.05) is 29.8 Å². The SMILES string of the molecule is [C-]#[N+]C(/C=c1/c(-c2ccc(C)cc2)c2c(n1CCCO)=NC=NC2=N)=C1C=CN(O)C=C1. The van der Waals surface area contributed by atoms with Gasteiger partial charge in [0.25, 0.3) is 0 Å². The highest BCUT2D eigenvalue weighted by Gasteiger charge is 2.22. The fourth-order valence-corrected chi connectivity index (χ4v) is 3.70. The number of rotatable bonds is 5. The molecule has 8 nitrogen and oxygen atoms in total. The van der Waals surface area contributed by atoms with Gasteiger partial charge in [0.1, 0.15) is 11.8 Å². The Morgan fingerprint density at radius 3 is 2.56 bits per heavy atom. The van der Waals surface area contributed by atoms with Crippen molar-refractivity contribution < 1.29 is 10.3 Å². The van der Waals surface area contributed by atoms with E-state index in [1.54, 1.807) is 18.2 Å². The van der Waals surface area contributed by atoms with E-state index in [1.165, 1.54) is 18.7 Å². The van der Waals surface area contributed by atoms with Crippen LogP contribution in [0, 0.1) is 18.9 Å². The number of aliphatic imine (C=N–C) groups is 1. The smallest absolute Gasteiger partial charge is 0.196 e. The monoisotopic (exact) mass is 426 g/mol. The van der Waals surface area contributed by atoms with Crippen LogP contribution >= 0.6 is 0 Å². The van der Waals surface area contributed by atoms with Crippen molar-refractivity contribution in [1.82, 2.24) is 9.63 Å². The number of aromatic nitrogens is 1.